The summed E-state index contributed by atoms with van der Waals surface area (Å²) in [6.45, 7) is 13.2. The van der Waals surface area contributed by atoms with Gasteiger partial charge >= 0.3 is 21.7 Å². The third-order valence-corrected chi connectivity index (χ3v) is 6.06. The predicted molar refractivity (Wildman–Crippen MR) is 129 cm³/mol. The van der Waals surface area contributed by atoms with Gasteiger partial charge in [-0.1, -0.05) is 88.0 Å². The molecule has 4 aromatic carbocycles. The van der Waals surface area contributed by atoms with E-state index in [0.29, 0.717) is 0 Å². The molecule has 4 heteroatoms. The van der Waals surface area contributed by atoms with Crippen LogP contribution in [0, 0.1) is 41.5 Å². The van der Waals surface area contributed by atoms with E-state index in [1.165, 1.54) is 55.6 Å². The Morgan fingerprint density at radius 1 is 0.441 bits per heavy atom. The van der Waals surface area contributed by atoms with Crippen LogP contribution >= 0.6 is 0 Å². The maximum absolute atomic E-state index is 2.37. The first-order chi connectivity index (χ1) is 14.3. The molecule has 4 rings (SSSR count). The summed E-state index contributed by atoms with van der Waals surface area (Å²) in [5.41, 5.74) is 12.8. The minimum atomic E-state index is -0.353. The Hall–Kier alpha value is -1.41. The van der Waals surface area contributed by atoms with Gasteiger partial charge in [0.2, 0.25) is 0 Å². The summed E-state index contributed by atoms with van der Waals surface area (Å²) in [6.07, 6.45) is 0. The summed E-state index contributed by atoms with van der Waals surface area (Å²) >= 11 is 0. The molecule has 34 heavy (non-hydrogen) atoms. The Morgan fingerprint density at radius 3 is 0.912 bits per heavy atom. The van der Waals surface area contributed by atoms with Gasteiger partial charge in [-0.05, 0) is 58.2 Å². The zero-order valence-corrected chi connectivity index (χ0v) is 24.5. The van der Waals surface area contributed by atoms with E-state index in [2.05, 4.69) is 120 Å². The fourth-order valence-electron chi connectivity index (χ4n) is 5.20. The van der Waals surface area contributed by atoms with Gasteiger partial charge in [-0.3, -0.25) is 0 Å². The molecule has 0 heterocycles. The van der Waals surface area contributed by atoms with Crippen molar-refractivity contribution >= 4 is 0 Å². The van der Waals surface area contributed by atoms with E-state index < -0.39 is 0 Å². The SMILES string of the molecule is Cc1cc(C)cc(C(c2cc(C)cc(C)c2)(c2cc(C)cc(C)c2)[c-]2cccc2)c1.[Cl-].[Cl-].[Cl-].[Ti+4]. The van der Waals surface area contributed by atoms with Gasteiger partial charge < -0.3 is 37.2 Å². The van der Waals surface area contributed by atoms with E-state index >= 15 is 0 Å². The molecule has 0 fully saturated rings. The van der Waals surface area contributed by atoms with Gasteiger partial charge in [0, 0.05) is 5.41 Å². The zero-order chi connectivity index (χ0) is 21.5. The largest absolute Gasteiger partial charge is 4.00 e. The van der Waals surface area contributed by atoms with Crippen molar-refractivity contribution < 1.29 is 58.9 Å². The molecular weight excluding hydrogens is 515 g/mol. The van der Waals surface area contributed by atoms with Crippen LogP contribution in [0.25, 0.3) is 0 Å². The molecule has 0 aliphatic rings. The summed E-state index contributed by atoms with van der Waals surface area (Å²) < 4.78 is 0. The van der Waals surface area contributed by atoms with Crippen LogP contribution in [-0.4, -0.2) is 0 Å². The number of halogens is 3. The first-order valence-corrected chi connectivity index (χ1v) is 10.8. The third kappa shape index (κ3) is 6.23. The number of rotatable bonds is 4. The molecule has 4 aromatic rings. The van der Waals surface area contributed by atoms with Gasteiger partial charge in [0.15, 0.2) is 0 Å². The predicted octanol–water partition coefficient (Wildman–Crippen LogP) is -1.35. The van der Waals surface area contributed by atoms with Crippen molar-refractivity contribution in [3.63, 3.8) is 0 Å². The van der Waals surface area contributed by atoms with Crippen LogP contribution in [0.4, 0.5) is 0 Å². The Balaban J connectivity index is 0.00000272. The normalized spacial score (nSPS) is 10.3. The van der Waals surface area contributed by atoms with Crippen molar-refractivity contribution in [2.75, 3.05) is 0 Å². The second-order valence-electron chi connectivity index (χ2n) is 9.05. The van der Waals surface area contributed by atoms with E-state index in [1.807, 2.05) is 0 Å². The molecule has 0 bridgehead atoms. The second kappa shape index (κ2) is 13.1. The van der Waals surface area contributed by atoms with Crippen LogP contribution < -0.4 is 37.2 Å². The van der Waals surface area contributed by atoms with Crippen LogP contribution in [0.5, 0.6) is 0 Å². The van der Waals surface area contributed by atoms with Crippen molar-refractivity contribution in [3.05, 3.63) is 134 Å². The van der Waals surface area contributed by atoms with Crippen LogP contribution in [0.3, 0.4) is 0 Å². The number of hydrogen-bond acceptors (Lipinski definition) is 0. The standard InChI is InChI=1S/C30H31.3ClH.Ti/c1-20-11-21(2)15-27(14-20)30(26-9-7-8-10-26,28-16-22(3)12-23(4)17-28)29-18-24(5)13-25(6)19-29;;;;/h7-19H,1-6H3;3*1H;/q-1;;;;+4/p-3. The van der Waals surface area contributed by atoms with Gasteiger partial charge in [-0.15, -0.1) is 5.56 Å². The van der Waals surface area contributed by atoms with E-state index in [0.717, 1.165) is 0 Å². The second-order valence-corrected chi connectivity index (χ2v) is 9.05. The van der Waals surface area contributed by atoms with Crippen LogP contribution in [0.1, 0.15) is 55.6 Å². The van der Waals surface area contributed by atoms with Gasteiger partial charge in [-0.25, -0.2) is 12.1 Å². The van der Waals surface area contributed by atoms with Gasteiger partial charge in [0.1, 0.15) is 0 Å². The smallest absolute Gasteiger partial charge is 1.00 e. The molecule has 0 saturated heterocycles. The fourth-order valence-corrected chi connectivity index (χ4v) is 5.20. The molecule has 0 atom stereocenters. The van der Waals surface area contributed by atoms with Crippen molar-refractivity contribution in [2.24, 2.45) is 0 Å². The maximum atomic E-state index is 2.37. The Bertz CT molecular complexity index is 1020. The molecule has 0 aliphatic heterocycles. The van der Waals surface area contributed by atoms with E-state index in [1.54, 1.807) is 0 Å². The summed E-state index contributed by atoms with van der Waals surface area (Å²) in [5, 5.41) is 0. The first-order valence-electron chi connectivity index (χ1n) is 10.8. The Morgan fingerprint density at radius 2 is 0.676 bits per heavy atom. The van der Waals surface area contributed by atoms with Gasteiger partial charge in [-0.2, -0.15) is 12.1 Å². The summed E-state index contributed by atoms with van der Waals surface area (Å²) in [4.78, 5) is 0. The molecule has 0 saturated carbocycles. The molecule has 0 N–H and O–H groups in total. The Labute approximate surface area is 239 Å². The summed E-state index contributed by atoms with van der Waals surface area (Å²) in [5.74, 6) is 0. The van der Waals surface area contributed by atoms with Crippen LogP contribution in [0.2, 0.25) is 0 Å². The number of aryl methyl sites for hydroxylation is 6. The topological polar surface area (TPSA) is 0 Å². The minimum Gasteiger partial charge on any atom is -1.00 e. The fraction of sp³-hybridized carbons (Fsp3) is 0.233. The molecular formula is C30H31Cl3Ti. The molecule has 0 unspecified atom stereocenters. The molecule has 0 radical (unpaired) electrons. The van der Waals surface area contributed by atoms with Crippen LogP contribution in [-0.2, 0) is 27.1 Å². The van der Waals surface area contributed by atoms with E-state index in [4.69, 9.17) is 0 Å². The third-order valence-electron chi connectivity index (χ3n) is 6.06. The average molecular weight is 546 g/mol. The zero-order valence-electron chi connectivity index (χ0n) is 20.6. The molecule has 0 nitrogen and oxygen atoms in total. The average Bonchev–Trinajstić information content (AvgIpc) is 3.15. The first kappa shape index (κ1) is 32.6. The molecule has 0 spiro atoms. The quantitative estimate of drug-likeness (QED) is 0.169. The molecule has 0 aromatic heterocycles. The van der Waals surface area contributed by atoms with Crippen LogP contribution in [0.15, 0.2) is 78.9 Å². The van der Waals surface area contributed by atoms with Gasteiger partial charge in [0.05, 0.1) is 0 Å². The van der Waals surface area contributed by atoms with E-state index in [-0.39, 0.29) is 64.4 Å². The van der Waals surface area contributed by atoms with Gasteiger partial charge in [0.25, 0.3) is 0 Å². The van der Waals surface area contributed by atoms with Crippen molar-refractivity contribution in [3.8, 4) is 0 Å². The van der Waals surface area contributed by atoms with Crippen molar-refractivity contribution in [1.82, 2.24) is 0 Å². The number of hydrogen-bond donors (Lipinski definition) is 0. The van der Waals surface area contributed by atoms with E-state index in [9.17, 15) is 0 Å². The Kier molecular flexibility index (Phi) is 12.5. The van der Waals surface area contributed by atoms with Crippen molar-refractivity contribution in [1.29, 1.82) is 0 Å². The monoisotopic (exact) mass is 544 g/mol. The summed E-state index contributed by atoms with van der Waals surface area (Å²) in [7, 11) is 0. The molecule has 176 valence electrons. The van der Waals surface area contributed by atoms with Crippen molar-refractivity contribution in [2.45, 2.75) is 47.0 Å². The maximum Gasteiger partial charge on any atom is 4.00 e. The molecule has 0 aliphatic carbocycles. The molecule has 0 amide bonds. The summed E-state index contributed by atoms with van der Waals surface area (Å²) in [6, 6.07) is 29.9. The minimum absolute atomic E-state index is 0. The number of benzene rings is 3.